The highest BCUT2D eigenvalue weighted by Crippen LogP contribution is 2.25. The maximum Gasteiger partial charge on any atom is 0.276 e. The number of nitrogens with zero attached hydrogens (tertiary/aromatic N) is 4. The van der Waals surface area contributed by atoms with Crippen molar-refractivity contribution in [3.05, 3.63) is 53.0 Å². The van der Waals surface area contributed by atoms with Gasteiger partial charge in [-0.25, -0.2) is 4.68 Å². The van der Waals surface area contributed by atoms with Gasteiger partial charge in [-0.3, -0.25) is 9.69 Å². The summed E-state index contributed by atoms with van der Waals surface area (Å²) < 4.78 is 1.89. The molecular formula is C17H18N4OS. The van der Waals surface area contributed by atoms with E-state index in [0.29, 0.717) is 10.8 Å². The zero-order chi connectivity index (χ0) is 16.7. The van der Waals surface area contributed by atoms with Crippen LogP contribution < -0.4 is 0 Å². The predicted molar refractivity (Wildman–Crippen MR) is 94.1 cm³/mol. The third-order valence-corrected chi connectivity index (χ3v) is 4.64. The minimum atomic E-state index is -0.0937. The van der Waals surface area contributed by atoms with Gasteiger partial charge >= 0.3 is 0 Å². The van der Waals surface area contributed by atoms with Crippen LogP contribution in [0.5, 0.6) is 0 Å². The fourth-order valence-corrected chi connectivity index (χ4v) is 2.89. The minimum absolute atomic E-state index is 0.0937. The van der Waals surface area contributed by atoms with E-state index in [4.69, 9.17) is 12.2 Å². The molecule has 23 heavy (non-hydrogen) atoms. The van der Waals surface area contributed by atoms with Crippen LogP contribution in [0.1, 0.15) is 17.0 Å². The average Bonchev–Trinajstić information content (AvgIpc) is 2.93. The summed E-state index contributed by atoms with van der Waals surface area (Å²) >= 11 is 5.25. The summed E-state index contributed by atoms with van der Waals surface area (Å²) in [6.07, 6.45) is 1.87. The molecule has 1 fully saturated rings. The summed E-state index contributed by atoms with van der Waals surface area (Å²) in [5.74, 6) is -0.0937. The summed E-state index contributed by atoms with van der Waals surface area (Å²) in [5.41, 5.74) is 4.37. The van der Waals surface area contributed by atoms with Crippen molar-refractivity contribution in [2.24, 2.45) is 0 Å². The van der Waals surface area contributed by atoms with Crippen LogP contribution >= 0.6 is 12.2 Å². The highest BCUT2D eigenvalue weighted by atomic mass is 32.1. The number of aryl methyl sites for hydroxylation is 1. The van der Waals surface area contributed by atoms with Crippen LogP contribution in [0.25, 0.3) is 11.8 Å². The molecule has 1 aromatic carbocycles. The molecule has 2 aromatic rings. The Morgan fingerprint density at radius 2 is 1.74 bits per heavy atom. The van der Waals surface area contributed by atoms with Gasteiger partial charge in [0.25, 0.3) is 5.91 Å². The molecule has 118 valence electrons. The number of para-hydroxylation sites is 1. The van der Waals surface area contributed by atoms with Crippen LogP contribution in [0, 0.1) is 13.8 Å². The normalized spacial score (nSPS) is 16.8. The molecule has 1 aliphatic heterocycles. The van der Waals surface area contributed by atoms with Crippen molar-refractivity contribution in [2.45, 2.75) is 13.8 Å². The highest BCUT2D eigenvalue weighted by molar-refractivity contribution is 7.80. The van der Waals surface area contributed by atoms with Crippen molar-refractivity contribution >= 4 is 29.3 Å². The van der Waals surface area contributed by atoms with Crippen molar-refractivity contribution in [3.63, 3.8) is 0 Å². The molecule has 1 saturated heterocycles. The molecule has 2 heterocycles. The average molecular weight is 326 g/mol. The van der Waals surface area contributed by atoms with Crippen molar-refractivity contribution in [1.82, 2.24) is 19.6 Å². The zero-order valence-electron chi connectivity index (χ0n) is 13.6. The first-order chi connectivity index (χ1) is 10.9. The predicted octanol–water partition coefficient (Wildman–Crippen LogP) is 2.52. The van der Waals surface area contributed by atoms with Crippen LogP contribution in [0.15, 0.2) is 36.0 Å². The maximum atomic E-state index is 12.3. The summed E-state index contributed by atoms with van der Waals surface area (Å²) in [4.78, 5) is 15.5. The van der Waals surface area contributed by atoms with E-state index < -0.39 is 0 Å². The second-order valence-corrected chi connectivity index (χ2v) is 5.93. The second-order valence-electron chi connectivity index (χ2n) is 5.57. The summed E-state index contributed by atoms with van der Waals surface area (Å²) in [5, 5.41) is 5.11. The van der Waals surface area contributed by atoms with Crippen LogP contribution in [0.3, 0.4) is 0 Å². The molecule has 0 radical (unpaired) electrons. The molecule has 0 N–H and O–H groups in total. The van der Waals surface area contributed by atoms with E-state index in [1.54, 1.807) is 11.9 Å². The molecule has 3 rings (SSSR count). The van der Waals surface area contributed by atoms with Gasteiger partial charge in [-0.1, -0.05) is 18.2 Å². The molecule has 0 saturated carbocycles. The molecule has 0 unspecified atom stereocenters. The van der Waals surface area contributed by atoms with Crippen LogP contribution in [-0.2, 0) is 4.79 Å². The summed E-state index contributed by atoms with van der Waals surface area (Å²) in [6, 6.07) is 9.94. The Labute approximate surface area is 140 Å². The van der Waals surface area contributed by atoms with Gasteiger partial charge in [0.15, 0.2) is 5.11 Å². The van der Waals surface area contributed by atoms with E-state index in [9.17, 15) is 4.79 Å². The number of rotatable bonds is 2. The quantitative estimate of drug-likeness (QED) is 0.628. The number of carbonyl (C=O) groups excluding carboxylic acids is 1. The van der Waals surface area contributed by atoms with E-state index in [1.165, 1.54) is 4.90 Å². The Morgan fingerprint density at radius 3 is 2.30 bits per heavy atom. The Morgan fingerprint density at radius 1 is 1.09 bits per heavy atom. The fourth-order valence-electron chi connectivity index (χ4n) is 2.71. The van der Waals surface area contributed by atoms with Crippen LogP contribution in [0.4, 0.5) is 0 Å². The van der Waals surface area contributed by atoms with E-state index in [-0.39, 0.29) is 5.91 Å². The van der Waals surface area contributed by atoms with E-state index in [1.807, 2.05) is 62.0 Å². The van der Waals surface area contributed by atoms with Crippen LogP contribution in [-0.4, -0.2) is 44.7 Å². The largest absolute Gasteiger partial charge is 0.317 e. The van der Waals surface area contributed by atoms with E-state index in [0.717, 1.165) is 22.6 Å². The van der Waals surface area contributed by atoms with Gasteiger partial charge < -0.3 is 4.90 Å². The first-order valence-electron chi connectivity index (χ1n) is 7.31. The number of hydrogen-bond acceptors (Lipinski definition) is 3. The van der Waals surface area contributed by atoms with Gasteiger partial charge in [-0.2, -0.15) is 5.10 Å². The number of aromatic nitrogens is 2. The zero-order valence-corrected chi connectivity index (χ0v) is 14.4. The van der Waals surface area contributed by atoms with Crippen LogP contribution in [0.2, 0.25) is 0 Å². The first kappa shape index (κ1) is 15.4. The molecule has 5 nitrogen and oxygen atoms in total. The fraction of sp³-hybridized carbons (Fsp3) is 0.235. The van der Waals surface area contributed by atoms with Crippen molar-refractivity contribution in [3.8, 4) is 5.69 Å². The van der Waals surface area contributed by atoms with E-state index in [2.05, 4.69) is 5.10 Å². The first-order valence-corrected chi connectivity index (χ1v) is 7.71. The van der Waals surface area contributed by atoms with E-state index >= 15 is 0 Å². The third-order valence-electron chi connectivity index (χ3n) is 4.09. The Hall–Kier alpha value is -2.47. The molecule has 1 aliphatic rings. The smallest absolute Gasteiger partial charge is 0.276 e. The number of hydrogen-bond donors (Lipinski definition) is 0. The maximum absolute atomic E-state index is 12.3. The second kappa shape index (κ2) is 5.62. The van der Waals surface area contributed by atoms with Gasteiger partial charge in [0.2, 0.25) is 0 Å². The molecule has 0 spiro atoms. The lowest BCUT2D eigenvalue weighted by molar-refractivity contribution is -0.121. The van der Waals surface area contributed by atoms with Crippen molar-refractivity contribution in [1.29, 1.82) is 0 Å². The summed E-state index contributed by atoms with van der Waals surface area (Å²) in [6.45, 7) is 3.95. The molecule has 0 aliphatic carbocycles. The SMILES string of the molecule is Cc1nn(-c2ccccc2)c(C)c1/C=C1\C(=O)N(C)C(=S)N1C. The summed E-state index contributed by atoms with van der Waals surface area (Å²) in [7, 11) is 3.50. The molecule has 6 heteroatoms. The molecule has 1 amide bonds. The molecule has 0 atom stereocenters. The Balaban J connectivity index is 2.09. The monoisotopic (exact) mass is 326 g/mol. The topological polar surface area (TPSA) is 41.4 Å². The Bertz CT molecular complexity index is 823. The standard InChI is InChI=1S/C17H18N4OS/c1-11-14(10-15-16(22)20(4)17(23)19(15)3)12(2)21(18-11)13-8-6-5-7-9-13/h5-10H,1-4H3/b15-10+. The molecular weight excluding hydrogens is 308 g/mol. The molecule has 1 aromatic heterocycles. The lowest BCUT2D eigenvalue weighted by Crippen LogP contribution is -2.26. The lowest BCUT2D eigenvalue weighted by atomic mass is 10.1. The van der Waals surface area contributed by atoms with Gasteiger partial charge in [-0.15, -0.1) is 0 Å². The van der Waals surface area contributed by atoms with Gasteiger partial charge in [-0.05, 0) is 44.3 Å². The van der Waals surface area contributed by atoms with Gasteiger partial charge in [0.05, 0.1) is 11.4 Å². The van der Waals surface area contributed by atoms with Gasteiger partial charge in [0.1, 0.15) is 5.70 Å². The van der Waals surface area contributed by atoms with Crippen molar-refractivity contribution < 1.29 is 4.79 Å². The van der Waals surface area contributed by atoms with Gasteiger partial charge in [0, 0.05) is 25.4 Å². The Kier molecular flexibility index (Phi) is 3.77. The number of carbonyl (C=O) groups is 1. The number of likely N-dealkylation sites (N-methyl/N-ethyl adjacent to an activating group) is 2. The minimum Gasteiger partial charge on any atom is -0.317 e. The number of amides is 1. The lowest BCUT2D eigenvalue weighted by Gasteiger charge is -2.11. The third kappa shape index (κ3) is 2.45. The molecule has 0 bridgehead atoms. The van der Waals surface area contributed by atoms with Crippen molar-refractivity contribution in [2.75, 3.05) is 14.1 Å². The number of benzene rings is 1. The number of thiocarbonyl (C=S) groups is 1. The highest BCUT2D eigenvalue weighted by Gasteiger charge is 2.33.